The first-order chi connectivity index (χ1) is 13.2. The molecular formula is C20H17BrF2N2O3. The van der Waals surface area contributed by atoms with Crippen molar-refractivity contribution in [1.82, 2.24) is 10.2 Å². The highest BCUT2D eigenvalue weighted by Gasteiger charge is 2.54. The van der Waals surface area contributed by atoms with Crippen LogP contribution in [0.25, 0.3) is 0 Å². The summed E-state index contributed by atoms with van der Waals surface area (Å²) in [5.41, 5.74) is -1.14. The van der Waals surface area contributed by atoms with Crippen molar-refractivity contribution in [3.05, 3.63) is 69.7 Å². The quantitative estimate of drug-likeness (QED) is 0.552. The van der Waals surface area contributed by atoms with E-state index in [0.717, 1.165) is 21.5 Å². The molecule has 3 amide bonds. The fourth-order valence-corrected chi connectivity index (χ4v) is 3.58. The second-order valence-electron chi connectivity index (χ2n) is 6.84. The predicted molar refractivity (Wildman–Crippen MR) is 102 cm³/mol. The smallest absolute Gasteiger partial charge is 0.319 e. The average molecular weight is 451 g/mol. The van der Waals surface area contributed by atoms with Gasteiger partial charge in [0, 0.05) is 10.5 Å². The molecule has 1 heterocycles. The van der Waals surface area contributed by atoms with E-state index in [0.29, 0.717) is 11.6 Å². The van der Waals surface area contributed by atoms with Crippen LogP contribution in [0.2, 0.25) is 0 Å². The molecule has 0 aromatic heterocycles. The lowest BCUT2D eigenvalue weighted by Gasteiger charge is -2.31. The van der Waals surface area contributed by atoms with Gasteiger partial charge in [0.25, 0.3) is 5.91 Å². The van der Waals surface area contributed by atoms with E-state index in [1.54, 1.807) is 38.1 Å². The van der Waals surface area contributed by atoms with Gasteiger partial charge < -0.3 is 5.32 Å². The first-order valence-corrected chi connectivity index (χ1v) is 9.34. The lowest BCUT2D eigenvalue weighted by Crippen LogP contribution is -2.48. The largest absolute Gasteiger partial charge is 0.325 e. The van der Waals surface area contributed by atoms with Gasteiger partial charge in [0.2, 0.25) is 0 Å². The van der Waals surface area contributed by atoms with Crippen LogP contribution < -0.4 is 5.32 Å². The first-order valence-electron chi connectivity index (χ1n) is 8.55. The number of imide groups is 1. The van der Waals surface area contributed by atoms with Gasteiger partial charge in [-0.3, -0.25) is 14.5 Å². The molecule has 8 heteroatoms. The van der Waals surface area contributed by atoms with Gasteiger partial charge in [-0.15, -0.1) is 0 Å². The third-order valence-corrected chi connectivity index (χ3v) is 5.36. The summed E-state index contributed by atoms with van der Waals surface area (Å²) in [6, 6.07) is 8.72. The van der Waals surface area contributed by atoms with Crippen LogP contribution in [0.15, 0.2) is 46.9 Å². The van der Waals surface area contributed by atoms with Gasteiger partial charge in [-0.05, 0) is 35.7 Å². The number of nitrogens with zero attached hydrogens (tertiary/aromatic N) is 1. The van der Waals surface area contributed by atoms with Crippen molar-refractivity contribution in [2.24, 2.45) is 5.92 Å². The van der Waals surface area contributed by atoms with Crippen LogP contribution in [0.1, 0.15) is 29.8 Å². The number of nitrogens with one attached hydrogen (secondary N) is 1. The molecule has 1 saturated heterocycles. The molecule has 1 unspecified atom stereocenters. The van der Waals surface area contributed by atoms with Crippen LogP contribution in [-0.2, 0) is 10.3 Å². The van der Waals surface area contributed by atoms with Gasteiger partial charge in [0.1, 0.15) is 17.2 Å². The fourth-order valence-electron chi connectivity index (χ4n) is 3.32. The summed E-state index contributed by atoms with van der Waals surface area (Å²) in [4.78, 5) is 38.9. The van der Waals surface area contributed by atoms with Crippen LogP contribution in [0.4, 0.5) is 13.6 Å². The van der Waals surface area contributed by atoms with E-state index in [1.807, 2.05) is 0 Å². The molecule has 1 aliphatic rings. The summed E-state index contributed by atoms with van der Waals surface area (Å²) < 4.78 is 27.8. The average Bonchev–Trinajstić information content (AvgIpc) is 2.88. The Balaban J connectivity index is 1.93. The van der Waals surface area contributed by atoms with Crippen LogP contribution in [0, 0.1) is 17.6 Å². The van der Waals surface area contributed by atoms with Crippen LogP contribution >= 0.6 is 15.9 Å². The second-order valence-corrected chi connectivity index (χ2v) is 7.75. The molecule has 1 atom stereocenters. The predicted octanol–water partition coefficient (Wildman–Crippen LogP) is 4.01. The highest BCUT2D eigenvalue weighted by Crippen LogP contribution is 2.36. The topological polar surface area (TPSA) is 66.5 Å². The molecule has 146 valence electrons. The Hall–Kier alpha value is -2.61. The summed E-state index contributed by atoms with van der Waals surface area (Å²) >= 11 is 3.33. The second kappa shape index (κ2) is 7.43. The maximum atomic E-state index is 13.9. The van der Waals surface area contributed by atoms with E-state index in [2.05, 4.69) is 21.2 Å². The van der Waals surface area contributed by atoms with Gasteiger partial charge in [-0.2, -0.15) is 0 Å². The van der Waals surface area contributed by atoms with Crippen molar-refractivity contribution < 1.29 is 23.2 Å². The number of urea groups is 1. The van der Waals surface area contributed by atoms with Crippen LogP contribution in [-0.4, -0.2) is 29.2 Å². The summed E-state index contributed by atoms with van der Waals surface area (Å²) in [6.07, 6.45) is 0. The molecule has 0 spiro atoms. The van der Waals surface area contributed by atoms with Crippen molar-refractivity contribution >= 4 is 33.7 Å². The maximum absolute atomic E-state index is 13.9. The standard InChI is InChI=1S/C20H17BrF2N2O3/c1-11(2)20(12-3-5-13(21)6-4-12)18(27)25(19(28)24-20)10-17(26)15-8-7-14(22)9-16(15)23/h3-9,11H,10H2,1-2H3,(H,24,28). The zero-order chi connectivity index (χ0) is 20.6. The van der Waals surface area contributed by atoms with Crippen molar-refractivity contribution in [2.45, 2.75) is 19.4 Å². The molecule has 0 bridgehead atoms. The van der Waals surface area contributed by atoms with Gasteiger partial charge in [-0.25, -0.2) is 13.6 Å². The number of hydrogen-bond donors (Lipinski definition) is 1. The van der Waals surface area contributed by atoms with E-state index >= 15 is 0 Å². The maximum Gasteiger partial charge on any atom is 0.325 e. The van der Waals surface area contributed by atoms with Crippen molar-refractivity contribution in [3.8, 4) is 0 Å². The summed E-state index contributed by atoms with van der Waals surface area (Å²) in [6.45, 7) is 2.93. The van der Waals surface area contributed by atoms with Gasteiger partial charge in [0.15, 0.2) is 5.78 Å². The number of ketones is 1. The zero-order valence-electron chi connectivity index (χ0n) is 15.1. The summed E-state index contributed by atoms with van der Waals surface area (Å²) in [7, 11) is 0. The minimum Gasteiger partial charge on any atom is -0.319 e. The Morgan fingerprint density at radius 3 is 2.36 bits per heavy atom. The zero-order valence-corrected chi connectivity index (χ0v) is 16.7. The molecule has 28 heavy (non-hydrogen) atoms. The highest BCUT2D eigenvalue weighted by atomic mass is 79.9. The van der Waals surface area contributed by atoms with E-state index in [4.69, 9.17) is 0 Å². The Bertz CT molecular complexity index is 962. The Labute approximate surface area is 168 Å². The molecule has 1 N–H and O–H groups in total. The van der Waals surface area contributed by atoms with Crippen LogP contribution in [0.3, 0.4) is 0 Å². The number of carbonyl (C=O) groups is 3. The number of hydrogen-bond acceptors (Lipinski definition) is 3. The molecule has 0 radical (unpaired) electrons. The molecule has 1 fully saturated rings. The molecule has 0 saturated carbocycles. The van der Waals surface area contributed by atoms with Gasteiger partial charge in [0.05, 0.1) is 12.1 Å². The monoisotopic (exact) mass is 450 g/mol. The van der Waals surface area contributed by atoms with E-state index in [9.17, 15) is 23.2 Å². The lowest BCUT2D eigenvalue weighted by atomic mass is 9.79. The molecule has 5 nitrogen and oxygen atoms in total. The highest BCUT2D eigenvalue weighted by molar-refractivity contribution is 9.10. The minimum absolute atomic E-state index is 0.312. The Kier molecular flexibility index (Phi) is 5.34. The number of Topliss-reactive ketones (excluding diaryl/α,β-unsaturated/α-hetero) is 1. The van der Waals surface area contributed by atoms with Crippen molar-refractivity contribution in [1.29, 1.82) is 0 Å². The number of halogens is 3. The van der Waals surface area contributed by atoms with Gasteiger partial charge >= 0.3 is 6.03 Å². The van der Waals surface area contributed by atoms with E-state index in [-0.39, 0.29) is 11.5 Å². The van der Waals surface area contributed by atoms with E-state index < -0.39 is 41.4 Å². The van der Waals surface area contributed by atoms with Gasteiger partial charge in [-0.1, -0.05) is 41.9 Å². The SMILES string of the molecule is CC(C)C1(c2ccc(Br)cc2)NC(=O)N(CC(=O)c2ccc(F)cc2F)C1=O. The van der Waals surface area contributed by atoms with Crippen molar-refractivity contribution in [3.63, 3.8) is 0 Å². The number of benzene rings is 2. The molecule has 3 rings (SSSR count). The van der Waals surface area contributed by atoms with E-state index in [1.165, 1.54) is 0 Å². The first kappa shape index (κ1) is 20.1. The Morgan fingerprint density at radius 2 is 1.79 bits per heavy atom. The Morgan fingerprint density at radius 1 is 1.14 bits per heavy atom. The molecular weight excluding hydrogens is 434 g/mol. The van der Waals surface area contributed by atoms with Crippen LogP contribution in [0.5, 0.6) is 0 Å². The molecule has 2 aromatic rings. The normalized spacial score (nSPS) is 19.3. The minimum atomic E-state index is -1.33. The molecule has 1 aliphatic heterocycles. The number of amides is 3. The third-order valence-electron chi connectivity index (χ3n) is 4.83. The lowest BCUT2D eigenvalue weighted by molar-refractivity contribution is -0.132. The summed E-state index contributed by atoms with van der Waals surface area (Å²) in [5.74, 6) is -3.56. The molecule has 0 aliphatic carbocycles. The van der Waals surface area contributed by atoms with Crippen molar-refractivity contribution in [2.75, 3.05) is 6.54 Å². The number of carbonyl (C=O) groups excluding carboxylic acids is 3. The summed E-state index contributed by atoms with van der Waals surface area (Å²) in [5, 5.41) is 2.70. The third kappa shape index (κ3) is 3.32. The fraction of sp³-hybridized carbons (Fsp3) is 0.250. The number of rotatable bonds is 5. The molecule has 2 aromatic carbocycles.